The van der Waals surface area contributed by atoms with Crippen molar-refractivity contribution < 1.29 is 9.53 Å². The summed E-state index contributed by atoms with van der Waals surface area (Å²) in [4.78, 5) is 14.6. The highest BCUT2D eigenvalue weighted by Gasteiger charge is 2.13. The van der Waals surface area contributed by atoms with Crippen molar-refractivity contribution in [1.82, 2.24) is 10.2 Å². The van der Waals surface area contributed by atoms with Crippen molar-refractivity contribution >= 4 is 29.0 Å². The van der Waals surface area contributed by atoms with Crippen molar-refractivity contribution in [2.24, 2.45) is 0 Å². The van der Waals surface area contributed by atoms with Gasteiger partial charge in [0.1, 0.15) is 5.75 Å². The fourth-order valence-corrected chi connectivity index (χ4v) is 3.70. The number of halogens is 1. The van der Waals surface area contributed by atoms with Gasteiger partial charge in [0.25, 0.3) is 5.91 Å². The van der Waals surface area contributed by atoms with E-state index in [1.54, 1.807) is 12.1 Å². The summed E-state index contributed by atoms with van der Waals surface area (Å²) < 4.78 is 5.56. The first kappa shape index (κ1) is 21.1. The summed E-state index contributed by atoms with van der Waals surface area (Å²) in [5.74, 6) is 1.29. The minimum atomic E-state index is -0.240. The third-order valence-corrected chi connectivity index (χ3v) is 5.70. The Morgan fingerprint density at radius 3 is 2.65 bits per heavy atom. The number of carbonyl (C=O) groups excluding carboxylic acids is 1. The van der Waals surface area contributed by atoms with Gasteiger partial charge in [-0.2, -0.15) is 0 Å². The largest absolute Gasteiger partial charge is 0.484 e. The molecule has 0 unspecified atom stereocenters. The molecule has 1 aromatic heterocycles. The number of aromatic nitrogens is 2. The fraction of sp³-hybridized carbons (Fsp3) is 0.292. The molecule has 1 aliphatic heterocycles. The number of rotatable bonds is 6. The molecule has 0 aliphatic carbocycles. The van der Waals surface area contributed by atoms with Crippen LogP contribution in [0.4, 0.5) is 11.5 Å². The lowest BCUT2D eigenvalue weighted by atomic mass is 10.1. The average Bonchev–Trinajstić information content (AvgIpc) is 2.81. The minimum Gasteiger partial charge on any atom is -0.484 e. The highest BCUT2D eigenvalue weighted by atomic mass is 35.5. The van der Waals surface area contributed by atoms with Gasteiger partial charge in [-0.25, -0.2) is 0 Å². The number of amides is 1. The highest BCUT2D eigenvalue weighted by molar-refractivity contribution is 6.31. The van der Waals surface area contributed by atoms with Crippen LogP contribution >= 0.6 is 11.6 Å². The van der Waals surface area contributed by atoms with Crippen LogP contribution in [0.1, 0.15) is 24.8 Å². The molecule has 0 atom stereocenters. The molecule has 0 saturated carbocycles. The molecule has 31 heavy (non-hydrogen) atoms. The van der Waals surface area contributed by atoms with Gasteiger partial charge in [0.05, 0.1) is 5.69 Å². The van der Waals surface area contributed by atoms with E-state index in [4.69, 9.17) is 16.3 Å². The van der Waals surface area contributed by atoms with Crippen LogP contribution in [0.15, 0.2) is 54.6 Å². The van der Waals surface area contributed by atoms with Crippen molar-refractivity contribution in [2.45, 2.75) is 26.2 Å². The fourth-order valence-electron chi connectivity index (χ4n) is 3.58. The van der Waals surface area contributed by atoms with Gasteiger partial charge < -0.3 is 15.0 Å². The van der Waals surface area contributed by atoms with Crippen molar-refractivity contribution in [2.75, 3.05) is 29.9 Å². The smallest absolute Gasteiger partial charge is 0.262 e. The molecule has 7 heteroatoms. The van der Waals surface area contributed by atoms with Crippen LogP contribution in [0.5, 0.6) is 5.75 Å². The number of hydrogen-bond donors (Lipinski definition) is 1. The van der Waals surface area contributed by atoms with E-state index in [1.165, 1.54) is 19.3 Å². The molecule has 1 saturated heterocycles. The predicted molar refractivity (Wildman–Crippen MR) is 124 cm³/mol. The van der Waals surface area contributed by atoms with Gasteiger partial charge in [-0.1, -0.05) is 23.7 Å². The maximum atomic E-state index is 12.3. The van der Waals surface area contributed by atoms with Gasteiger partial charge in [0.15, 0.2) is 12.4 Å². The van der Waals surface area contributed by atoms with E-state index in [9.17, 15) is 4.79 Å². The van der Waals surface area contributed by atoms with Crippen LogP contribution in [0.25, 0.3) is 11.3 Å². The Morgan fingerprint density at radius 2 is 1.90 bits per heavy atom. The summed E-state index contributed by atoms with van der Waals surface area (Å²) in [6, 6.07) is 16.9. The van der Waals surface area contributed by atoms with Gasteiger partial charge >= 0.3 is 0 Å². The first-order valence-corrected chi connectivity index (χ1v) is 10.8. The van der Waals surface area contributed by atoms with E-state index >= 15 is 0 Å². The molecule has 1 aliphatic rings. The third-order valence-electron chi connectivity index (χ3n) is 5.27. The van der Waals surface area contributed by atoms with Gasteiger partial charge in [-0.3, -0.25) is 4.79 Å². The zero-order chi connectivity index (χ0) is 21.6. The molecule has 160 valence electrons. The Morgan fingerprint density at radius 1 is 1.06 bits per heavy atom. The molecule has 4 rings (SSSR count). The Hall–Kier alpha value is -3.12. The van der Waals surface area contributed by atoms with Gasteiger partial charge in [-0.05, 0) is 74.2 Å². The molecule has 1 N–H and O–H groups in total. The van der Waals surface area contributed by atoms with Crippen LogP contribution in [0.2, 0.25) is 5.02 Å². The van der Waals surface area contributed by atoms with Crippen LogP contribution in [0, 0.1) is 6.92 Å². The first-order valence-electron chi connectivity index (χ1n) is 10.5. The van der Waals surface area contributed by atoms with Crippen LogP contribution in [0.3, 0.4) is 0 Å². The molecule has 6 nitrogen and oxygen atoms in total. The molecule has 2 heterocycles. The van der Waals surface area contributed by atoms with E-state index in [2.05, 4.69) is 20.4 Å². The number of hydrogen-bond acceptors (Lipinski definition) is 5. The van der Waals surface area contributed by atoms with E-state index < -0.39 is 0 Å². The lowest BCUT2D eigenvalue weighted by Crippen LogP contribution is -2.30. The lowest BCUT2D eigenvalue weighted by molar-refractivity contribution is -0.118. The monoisotopic (exact) mass is 436 g/mol. The number of ether oxygens (including phenoxy) is 1. The summed E-state index contributed by atoms with van der Waals surface area (Å²) >= 11 is 6.02. The quantitative estimate of drug-likeness (QED) is 0.581. The predicted octanol–water partition coefficient (Wildman–Crippen LogP) is 5.11. The van der Waals surface area contributed by atoms with E-state index in [0.717, 1.165) is 35.7 Å². The lowest BCUT2D eigenvalue weighted by Gasteiger charge is -2.27. The molecule has 3 aromatic rings. The zero-order valence-corrected chi connectivity index (χ0v) is 18.2. The molecule has 0 bridgehead atoms. The summed E-state index contributed by atoms with van der Waals surface area (Å²) in [6.07, 6.45) is 3.68. The van der Waals surface area contributed by atoms with E-state index in [1.807, 2.05) is 49.4 Å². The summed E-state index contributed by atoms with van der Waals surface area (Å²) in [7, 11) is 0. The normalized spacial score (nSPS) is 13.7. The summed E-state index contributed by atoms with van der Waals surface area (Å²) in [5.41, 5.74) is 3.24. The maximum absolute atomic E-state index is 12.3. The molecule has 2 aromatic carbocycles. The number of carbonyl (C=O) groups is 1. The Labute approximate surface area is 187 Å². The Bertz CT molecular complexity index is 1050. The minimum absolute atomic E-state index is 0.0877. The molecular weight excluding hydrogens is 412 g/mol. The second kappa shape index (κ2) is 9.79. The number of aryl methyl sites for hydroxylation is 1. The van der Waals surface area contributed by atoms with Crippen molar-refractivity contribution in [3.8, 4) is 17.0 Å². The molecule has 0 spiro atoms. The zero-order valence-electron chi connectivity index (χ0n) is 17.5. The second-order valence-corrected chi connectivity index (χ2v) is 8.06. The molecule has 0 radical (unpaired) electrons. The Balaban J connectivity index is 1.37. The van der Waals surface area contributed by atoms with Crippen molar-refractivity contribution in [1.29, 1.82) is 0 Å². The number of piperidine rings is 1. The number of nitrogens with one attached hydrogen (secondary N) is 1. The SMILES string of the molecule is Cc1cc(OCC(=O)Nc2cccc(-c3ccc(N4CCCCC4)nn3)c2)ccc1Cl. The Kier molecular flexibility index (Phi) is 6.67. The number of anilines is 2. The van der Waals surface area contributed by atoms with Crippen LogP contribution in [-0.4, -0.2) is 35.8 Å². The number of nitrogens with zero attached hydrogens (tertiary/aromatic N) is 3. The van der Waals surface area contributed by atoms with Gasteiger partial charge in [-0.15, -0.1) is 10.2 Å². The van der Waals surface area contributed by atoms with E-state index in [0.29, 0.717) is 16.5 Å². The summed E-state index contributed by atoms with van der Waals surface area (Å²) in [5, 5.41) is 12.3. The van der Waals surface area contributed by atoms with E-state index in [-0.39, 0.29) is 12.5 Å². The first-order chi connectivity index (χ1) is 15.1. The molecule has 1 fully saturated rings. The van der Waals surface area contributed by atoms with Crippen molar-refractivity contribution in [3.05, 3.63) is 65.2 Å². The standard InChI is InChI=1S/C24H25ClN4O2/c1-17-14-20(8-9-21(17)25)31-16-24(30)26-19-7-5-6-18(15-19)22-10-11-23(28-27-22)29-12-3-2-4-13-29/h5-11,14-15H,2-4,12-13,16H2,1H3,(H,26,30). The second-order valence-electron chi connectivity index (χ2n) is 7.65. The maximum Gasteiger partial charge on any atom is 0.262 e. The van der Waals surface area contributed by atoms with Crippen molar-refractivity contribution in [3.63, 3.8) is 0 Å². The van der Waals surface area contributed by atoms with Crippen LogP contribution < -0.4 is 15.0 Å². The summed E-state index contributed by atoms with van der Waals surface area (Å²) in [6.45, 7) is 3.87. The highest BCUT2D eigenvalue weighted by Crippen LogP contribution is 2.24. The average molecular weight is 437 g/mol. The number of benzene rings is 2. The van der Waals surface area contributed by atoms with Crippen LogP contribution in [-0.2, 0) is 4.79 Å². The third kappa shape index (κ3) is 5.52. The molecular formula is C24H25ClN4O2. The van der Waals surface area contributed by atoms with Gasteiger partial charge in [0, 0.05) is 29.4 Å². The topological polar surface area (TPSA) is 67.3 Å². The molecule has 1 amide bonds. The van der Waals surface area contributed by atoms with Gasteiger partial charge in [0.2, 0.25) is 0 Å².